The van der Waals surface area contributed by atoms with Crippen LogP contribution in [0.3, 0.4) is 0 Å². The van der Waals surface area contributed by atoms with E-state index >= 15 is 8.78 Å². The van der Waals surface area contributed by atoms with Crippen molar-refractivity contribution in [2.45, 2.75) is 6.04 Å². The molecule has 3 aliphatic rings. The van der Waals surface area contributed by atoms with Crippen molar-refractivity contribution >= 4 is 51.1 Å². The highest BCUT2D eigenvalue weighted by atomic mass is 35.5. The van der Waals surface area contributed by atoms with Gasteiger partial charge in [0.2, 0.25) is 11.9 Å². The molecule has 206 valence electrons. The lowest BCUT2D eigenvalue weighted by atomic mass is 9.72. The molecule has 2 aromatic heterocycles. The topological polar surface area (TPSA) is 84.5 Å². The second kappa shape index (κ2) is 8.84. The molecule has 4 aromatic rings. The summed E-state index contributed by atoms with van der Waals surface area (Å²) in [7, 11) is 4.04. The Kier molecular flexibility index (Phi) is 5.56. The summed E-state index contributed by atoms with van der Waals surface area (Å²) in [5, 5.41) is 7.94. The van der Waals surface area contributed by atoms with Gasteiger partial charge in [0, 0.05) is 72.6 Å². The Labute approximate surface area is 234 Å². The van der Waals surface area contributed by atoms with E-state index in [0.29, 0.717) is 73.4 Å². The third kappa shape index (κ3) is 3.67. The summed E-state index contributed by atoms with van der Waals surface area (Å²) in [6, 6.07) is 4.83. The van der Waals surface area contributed by atoms with Gasteiger partial charge in [-0.3, -0.25) is 9.89 Å². The molecule has 40 heavy (non-hydrogen) atoms. The van der Waals surface area contributed by atoms with Gasteiger partial charge in [0.05, 0.1) is 16.7 Å². The number of anilines is 2. The predicted molar refractivity (Wildman–Crippen MR) is 151 cm³/mol. The highest BCUT2D eigenvalue weighted by Crippen LogP contribution is 2.46. The minimum atomic E-state index is -0.709. The van der Waals surface area contributed by atoms with Crippen molar-refractivity contribution in [2.24, 2.45) is 5.41 Å². The van der Waals surface area contributed by atoms with Crippen molar-refractivity contribution in [1.82, 2.24) is 30.0 Å². The number of fused-ring (bicyclic) bond motifs is 2. The molecule has 0 unspecified atom stereocenters. The van der Waals surface area contributed by atoms with Crippen LogP contribution in [0, 0.1) is 17.0 Å². The number of aromatic amines is 1. The van der Waals surface area contributed by atoms with Crippen LogP contribution in [0.15, 0.2) is 37.1 Å². The number of aromatic nitrogens is 4. The normalized spacial score (nSPS) is 18.4. The average molecular weight is 565 g/mol. The number of carbonyl (C=O) groups excluding carboxylic acids is 1. The molecule has 0 atom stereocenters. The molecule has 5 heterocycles. The third-order valence-corrected chi connectivity index (χ3v) is 8.73. The maximum absolute atomic E-state index is 16.5. The van der Waals surface area contributed by atoms with E-state index < -0.39 is 11.6 Å². The van der Waals surface area contributed by atoms with Crippen molar-refractivity contribution in [3.63, 3.8) is 0 Å². The van der Waals surface area contributed by atoms with Crippen molar-refractivity contribution in [2.75, 3.05) is 63.2 Å². The Morgan fingerprint density at radius 2 is 1.90 bits per heavy atom. The van der Waals surface area contributed by atoms with Gasteiger partial charge < -0.3 is 19.6 Å². The van der Waals surface area contributed by atoms with Gasteiger partial charge in [-0.1, -0.05) is 18.2 Å². The van der Waals surface area contributed by atoms with Gasteiger partial charge in [-0.25, -0.2) is 13.8 Å². The first-order valence-corrected chi connectivity index (χ1v) is 13.5. The summed E-state index contributed by atoms with van der Waals surface area (Å²) in [5.41, 5.74) is 0.373. The smallest absolute Gasteiger partial charge is 0.245 e. The fourth-order valence-electron chi connectivity index (χ4n) is 6.12. The number of rotatable bonds is 5. The number of H-pyrrole nitrogens is 1. The molecule has 3 aliphatic heterocycles. The lowest BCUT2D eigenvalue weighted by Gasteiger charge is -2.60. The lowest BCUT2D eigenvalue weighted by molar-refractivity contribution is -0.139. The summed E-state index contributed by atoms with van der Waals surface area (Å²) in [6.45, 7) is 7.63. The van der Waals surface area contributed by atoms with Crippen molar-refractivity contribution in [3.05, 3.63) is 53.7 Å². The number of likely N-dealkylation sites (N-methyl/N-ethyl adjacent to an activating group) is 1. The summed E-state index contributed by atoms with van der Waals surface area (Å²) in [4.78, 5) is 29.5. The number of hydrogen-bond acceptors (Lipinski definition) is 7. The second-order valence-corrected chi connectivity index (χ2v) is 11.7. The number of nitrogens with zero attached hydrogens (tertiary/aromatic N) is 7. The Balaban J connectivity index is 1.33. The first kappa shape index (κ1) is 25.2. The molecule has 1 spiro atoms. The zero-order chi connectivity index (χ0) is 27.9. The molecule has 1 N–H and O–H groups in total. The summed E-state index contributed by atoms with van der Waals surface area (Å²) in [5.74, 6) is -0.394. The van der Waals surface area contributed by atoms with E-state index in [0.717, 1.165) is 0 Å². The molecule has 0 aliphatic carbocycles. The van der Waals surface area contributed by atoms with E-state index in [2.05, 4.69) is 31.6 Å². The fourth-order valence-corrected chi connectivity index (χ4v) is 6.41. The Morgan fingerprint density at radius 1 is 1.15 bits per heavy atom. The van der Waals surface area contributed by atoms with Crippen LogP contribution in [0.5, 0.6) is 0 Å². The molecule has 0 bridgehead atoms. The summed E-state index contributed by atoms with van der Waals surface area (Å²) in [6.07, 6.45) is 2.88. The predicted octanol–water partition coefficient (Wildman–Crippen LogP) is 3.69. The fraction of sp³-hybridized carbons (Fsp3) is 0.357. The first-order valence-electron chi connectivity index (χ1n) is 13.1. The quantitative estimate of drug-likeness (QED) is 0.370. The van der Waals surface area contributed by atoms with Crippen LogP contribution in [0.1, 0.15) is 0 Å². The number of likely N-dealkylation sites (tertiary alicyclic amines) is 1. The van der Waals surface area contributed by atoms with E-state index in [-0.39, 0.29) is 33.0 Å². The number of carbonyl (C=O) groups is 1. The average Bonchev–Trinajstić information content (AvgIpc) is 3.31. The molecule has 0 radical (unpaired) electrons. The first-order chi connectivity index (χ1) is 19.2. The molecule has 3 saturated heterocycles. The van der Waals surface area contributed by atoms with Crippen molar-refractivity contribution in [1.29, 1.82) is 0 Å². The van der Waals surface area contributed by atoms with Gasteiger partial charge >= 0.3 is 0 Å². The minimum absolute atomic E-state index is 0.0158. The van der Waals surface area contributed by atoms with E-state index in [1.165, 1.54) is 12.1 Å². The number of nitrogens with one attached hydrogen (secondary N) is 1. The Bertz CT molecular complexity index is 1700. The maximum Gasteiger partial charge on any atom is 0.245 e. The number of amides is 1. The zero-order valence-corrected chi connectivity index (χ0v) is 22.8. The largest absolute Gasteiger partial charge is 0.354 e. The van der Waals surface area contributed by atoms with Crippen molar-refractivity contribution < 1.29 is 13.6 Å². The molecular weight excluding hydrogens is 538 g/mol. The van der Waals surface area contributed by atoms with Gasteiger partial charge in [0.15, 0.2) is 5.82 Å². The van der Waals surface area contributed by atoms with Gasteiger partial charge in [-0.15, -0.1) is 0 Å². The maximum atomic E-state index is 16.5. The molecule has 9 nitrogen and oxygen atoms in total. The van der Waals surface area contributed by atoms with Crippen LogP contribution in [0.2, 0.25) is 5.02 Å². The van der Waals surface area contributed by atoms with E-state index in [1.807, 2.05) is 19.0 Å². The van der Waals surface area contributed by atoms with Crippen LogP contribution in [-0.2, 0) is 4.79 Å². The van der Waals surface area contributed by atoms with Crippen LogP contribution in [0.4, 0.5) is 20.5 Å². The molecule has 0 saturated carbocycles. The van der Waals surface area contributed by atoms with Gasteiger partial charge in [0.25, 0.3) is 0 Å². The Hall–Kier alpha value is -3.83. The molecule has 3 fully saturated rings. The van der Waals surface area contributed by atoms with Gasteiger partial charge in [0.1, 0.15) is 17.2 Å². The van der Waals surface area contributed by atoms with Crippen LogP contribution >= 0.6 is 11.6 Å². The van der Waals surface area contributed by atoms with Crippen molar-refractivity contribution in [3.8, 4) is 11.1 Å². The Morgan fingerprint density at radius 3 is 2.60 bits per heavy atom. The van der Waals surface area contributed by atoms with E-state index in [1.54, 1.807) is 23.2 Å². The number of benzene rings is 2. The third-order valence-electron chi connectivity index (χ3n) is 8.43. The zero-order valence-electron chi connectivity index (χ0n) is 22.1. The summed E-state index contributed by atoms with van der Waals surface area (Å²) < 4.78 is 31.7. The highest BCUT2D eigenvalue weighted by Gasteiger charge is 2.53. The van der Waals surface area contributed by atoms with Crippen LogP contribution < -0.4 is 9.80 Å². The monoisotopic (exact) mass is 564 g/mol. The van der Waals surface area contributed by atoms with Gasteiger partial charge in [-0.05, 0) is 38.4 Å². The number of hydrogen-bond donors (Lipinski definition) is 1. The van der Waals surface area contributed by atoms with Gasteiger partial charge in [-0.2, -0.15) is 10.1 Å². The van der Waals surface area contributed by atoms with E-state index in [4.69, 9.17) is 16.6 Å². The highest BCUT2D eigenvalue weighted by molar-refractivity contribution is 6.35. The van der Waals surface area contributed by atoms with Crippen LogP contribution in [0.25, 0.3) is 32.9 Å². The van der Waals surface area contributed by atoms with E-state index in [9.17, 15) is 4.79 Å². The second-order valence-electron chi connectivity index (χ2n) is 11.3. The molecule has 1 amide bonds. The standard InChI is InChI=1S/C28H27ClF2N8O/c1-4-20(40)38-11-28(12-38)13-39(14-28)26-17-7-18(29)21(22-19(30)6-5-15-8-32-35-24(15)22)23(31)25(17)33-27(34-26)37-9-16(10-37)36(2)3/h4-8,16H,1,9-14H2,2-3H3,(H,32,35). The number of halogens is 3. The van der Waals surface area contributed by atoms with Crippen LogP contribution in [-0.4, -0.2) is 95.3 Å². The SMILES string of the molecule is C=CC(=O)N1CC2(C1)CN(c1nc(N3CC(N(C)C)C3)nc3c(F)c(-c4c(F)ccc5cn[nH]c45)c(Cl)cc13)C2. The molecule has 12 heteroatoms. The minimum Gasteiger partial charge on any atom is -0.354 e. The molecule has 7 rings (SSSR count). The summed E-state index contributed by atoms with van der Waals surface area (Å²) >= 11 is 6.69. The molecule has 2 aromatic carbocycles. The lowest BCUT2D eigenvalue weighted by Crippen LogP contribution is -2.73. The molecular formula is C28H27ClF2N8O.